The highest BCUT2D eigenvalue weighted by molar-refractivity contribution is 7.07. The maximum absolute atomic E-state index is 13.6. The molecule has 0 unspecified atom stereocenters. The van der Waals surface area contributed by atoms with Crippen molar-refractivity contribution in [3.8, 4) is 11.3 Å². The second-order valence-corrected chi connectivity index (χ2v) is 9.35. The molecule has 0 saturated heterocycles. The second-order valence-electron chi connectivity index (χ2n) is 7.91. The van der Waals surface area contributed by atoms with E-state index in [2.05, 4.69) is 4.99 Å². The molecule has 0 saturated carbocycles. The number of methoxy groups -OCH3 is 1. The Morgan fingerprint density at radius 3 is 2.57 bits per heavy atom. The molecule has 2 aromatic heterocycles. The van der Waals surface area contributed by atoms with Gasteiger partial charge in [-0.25, -0.2) is 9.79 Å². The average molecular weight is 505 g/mol. The van der Waals surface area contributed by atoms with Crippen LogP contribution < -0.4 is 14.9 Å². The molecule has 1 aliphatic rings. The van der Waals surface area contributed by atoms with Crippen LogP contribution in [0, 0.1) is 0 Å². The normalized spacial score (nSPS) is 15.6. The fourth-order valence-corrected chi connectivity index (χ4v) is 5.27. The molecule has 0 spiro atoms. The molecule has 176 valence electrons. The average Bonchev–Trinajstić information content (AvgIpc) is 3.48. The largest absolute Gasteiger partial charge is 0.466 e. The Morgan fingerprint density at radius 1 is 1.14 bits per heavy atom. The lowest BCUT2D eigenvalue weighted by Crippen LogP contribution is -2.40. The summed E-state index contributed by atoms with van der Waals surface area (Å²) in [5, 5.41) is 0.646. The predicted molar refractivity (Wildman–Crippen MR) is 136 cm³/mol. The van der Waals surface area contributed by atoms with Crippen LogP contribution in [0.5, 0.6) is 0 Å². The summed E-state index contributed by atoms with van der Waals surface area (Å²) in [6.07, 6.45) is 2.24. The highest BCUT2D eigenvalue weighted by Crippen LogP contribution is 2.31. The molecule has 0 aliphatic carbocycles. The number of rotatable bonds is 5. The summed E-state index contributed by atoms with van der Waals surface area (Å²) in [5.41, 5.74) is 2.44. The van der Waals surface area contributed by atoms with E-state index in [0.717, 1.165) is 11.1 Å². The molecule has 3 heterocycles. The number of hydrogen-bond donors (Lipinski definition) is 0. The predicted octanol–water partition coefficient (Wildman–Crippen LogP) is 4.71. The number of aromatic nitrogens is 1. The van der Waals surface area contributed by atoms with Gasteiger partial charge in [0.1, 0.15) is 11.5 Å². The maximum Gasteiger partial charge on any atom is 0.338 e. The molecule has 35 heavy (non-hydrogen) atoms. The van der Waals surface area contributed by atoms with Crippen molar-refractivity contribution in [1.29, 1.82) is 0 Å². The van der Waals surface area contributed by atoms with Crippen molar-refractivity contribution in [2.45, 2.75) is 19.4 Å². The number of hydrogen-bond acceptors (Lipinski definition) is 6. The first-order valence-electron chi connectivity index (χ1n) is 11.0. The van der Waals surface area contributed by atoms with E-state index in [1.807, 2.05) is 61.5 Å². The summed E-state index contributed by atoms with van der Waals surface area (Å²) in [6.45, 7) is 1.93. The lowest BCUT2D eigenvalue weighted by atomic mass is 9.95. The maximum atomic E-state index is 13.6. The standard InChI is InChI=1S/C27H21ClN2O4S/c1-3-20-23(26(32)33-2)24(17-7-5-4-6-8-17)30-25(31)22(35-27(30)29-20)15-19-13-14-21(34-19)16-9-11-18(28)12-10-16/h4-15,24H,3H2,1-2H3/b22-15-/t24-/m0/s1. The number of nitrogens with zero attached hydrogens (tertiary/aromatic N) is 2. The highest BCUT2D eigenvalue weighted by atomic mass is 35.5. The summed E-state index contributed by atoms with van der Waals surface area (Å²) in [4.78, 5) is 31.6. The van der Waals surface area contributed by atoms with Gasteiger partial charge in [-0.05, 0) is 48.4 Å². The molecule has 8 heteroatoms. The fourth-order valence-electron chi connectivity index (χ4n) is 4.14. The fraction of sp³-hybridized carbons (Fsp3) is 0.148. The van der Waals surface area contributed by atoms with E-state index < -0.39 is 12.0 Å². The minimum Gasteiger partial charge on any atom is -0.466 e. The van der Waals surface area contributed by atoms with Crippen molar-refractivity contribution in [2.24, 2.45) is 4.99 Å². The van der Waals surface area contributed by atoms with Gasteiger partial charge < -0.3 is 9.15 Å². The first kappa shape index (κ1) is 23.1. The number of allylic oxidation sites excluding steroid dienone is 1. The van der Waals surface area contributed by atoms with Gasteiger partial charge in [0, 0.05) is 16.7 Å². The van der Waals surface area contributed by atoms with E-state index in [0.29, 0.717) is 43.6 Å². The van der Waals surface area contributed by atoms with E-state index in [4.69, 9.17) is 20.8 Å². The van der Waals surface area contributed by atoms with Crippen LogP contribution in [0.3, 0.4) is 0 Å². The van der Waals surface area contributed by atoms with Gasteiger partial charge in [0.15, 0.2) is 4.80 Å². The van der Waals surface area contributed by atoms with Crippen LogP contribution in [0.1, 0.15) is 30.7 Å². The summed E-state index contributed by atoms with van der Waals surface area (Å²) in [7, 11) is 1.34. The molecular formula is C27H21ClN2O4S. The topological polar surface area (TPSA) is 73.8 Å². The third-order valence-electron chi connectivity index (χ3n) is 5.79. The van der Waals surface area contributed by atoms with Gasteiger partial charge in [0.2, 0.25) is 0 Å². The van der Waals surface area contributed by atoms with Gasteiger partial charge in [-0.15, -0.1) is 0 Å². The molecule has 1 atom stereocenters. The number of ether oxygens (including phenoxy) is 1. The molecule has 6 nitrogen and oxygen atoms in total. The number of carbonyl (C=O) groups is 1. The van der Waals surface area contributed by atoms with Crippen molar-refractivity contribution < 1.29 is 13.9 Å². The molecule has 0 N–H and O–H groups in total. The smallest absolute Gasteiger partial charge is 0.338 e. The van der Waals surface area contributed by atoms with Gasteiger partial charge in [-0.3, -0.25) is 9.36 Å². The molecular weight excluding hydrogens is 484 g/mol. The van der Waals surface area contributed by atoms with Crippen LogP contribution in [0.4, 0.5) is 0 Å². The molecule has 1 aliphatic heterocycles. The van der Waals surface area contributed by atoms with Crippen LogP contribution in [0.25, 0.3) is 17.4 Å². The number of furan rings is 1. The van der Waals surface area contributed by atoms with Gasteiger partial charge in [0.05, 0.1) is 29.0 Å². The van der Waals surface area contributed by atoms with E-state index >= 15 is 0 Å². The monoisotopic (exact) mass is 504 g/mol. The molecule has 0 bridgehead atoms. The van der Waals surface area contributed by atoms with Gasteiger partial charge in [-0.1, -0.05) is 60.2 Å². The molecule has 0 amide bonds. The Bertz CT molecular complexity index is 1610. The summed E-state index contributed by atoms with van der Waals surface area (Å²) < 4.78 is 13.1. The quantitative estimate of drug-likeness (QED) is 0.369. The van der Waals surface area contributed by atoms with Crippen LogP contribution in [-0.2, 0) is 9.53 Å². The Balaban J connectivity index is 1.65. The van der Waals surface area contributed by atoms with E-state index in [9.17, 15) is 9.59 Å². The number of halogens is 1. The Morgan fingerprint density at radius 2 is 1.89 bits per heavy atom. The van der Waals surface area contributed by atoms with Crippen LogP contribution >= 0.6 is 22.9 Å². The van der Waals surface area contributed by atoms with Crippen LogP contribution in [0.2, 0.25) is 5.02 Å². The van der Waals surface area contributed by atoms with Crippen LogP contribution in [0.15, 0.2) is 92.2 Å². The van der Waals surface area contributed by atoms with Crippen LogP contribution in [-0.4, -0.2) is 17.6 Å². The van der Waals surface area contributed by atoms with Crippen molar-refractivity contribution in [2.75, 3.05) is 7.11 Å². The molecule has 0 fully saturated rings. The number of carbonyl (C=O) groups excluding carboxylic acids is 1. The van der Waals surface area contributed by atoms with Gasteiger partial charge in [0.25, 0.3) is 5.56 Å². The van der Waals surface area contributed by atoms with E-state index in [1.54, 1.807) is 22.8 Å². The number of fused-ring (bicyclic) bond motifs is 1. The van der Waals surface area contributed by atoms with Gasteiger partial charge in [-0.2, -0.15) is 0 Å². The van der Waals surface area contributed by atoms with Crippen molar-refractivity contribution >= 4 is 35.0 Å². The third-order valence-corrected chi connectivity index (χ3v) is 7.03. The summed E-state index contributed by atoms with van der Waals surface area (Å²) in [6, 6.07) is 19.8. The molecule has 4 aromatic rings. The van der Waals surface area contributed by atoms with E-state index in [1.165, 1.54) is 18.4 Å². The molecule has 2 aromatic carbocycles. The summed E-state index contributed by atoms with van der Waals surface area (Å²) in [5.74, 6) is 0.718. The lowest BCUT2D eigenvalue weighted by Gasteiger charge is -2.25. The first-order valence-corrected chi connectivity index (χ1v) is 12.2. The third kappa shape index (κ3) is 4.29. The Labute approximate surface area is 210 Å². The number of thiazole rings is 1. The van der Waals surface area contributed by atoms with Gasteiger partial charge >= 0.3 is 5.97 Å². The SMILES string of the molecule is CCC1=C(C(=O)OC)[C@H](c2ccccc2)n2c(s/c(=C\c3ccc(-c4ccc(Cl)cc4)o3)c2=O)=N1. The number of benzene rings is 2. The zero-order chi connectivity index (χ0) is 24.5. The van der Waals surface area contributed by atoms with E-state index in [-0.39, 0.29) is 5.56 Å². The minimum absolute atomic E-state index is 0.247. The molecule has 0 radical (unpaired) electrons. The number of esters is 1. The van der Waals surface area contributed by atoms with Crippen molar-refractivity contribution in [1.82, 2.24) is 4.57 Å². The second kappa shape index (κ2) is 9.52. The molecule has 5 rings (SSSR count). The minimum atomic E-state index is -0.627. The summed E-state index contributed by atoms with van der Waals surface area (Å²) >= 11 is 7.25. The Hall–Kier alpha value is -3.68. The van der Waals surface area contributed by atoms with Crippen molar-refractivity contribution in [3.05, 3.63) is 114 Å². The first-order chi connectivity index (χ1) is 17.0. The zero-order valence-electron chi connectivity index (χ0n) is 19.0. The Kier molecular flexibility index (Phi) is 6.28. The van der Waals surface area contributed by atoms with Crippen molar-refractivity contribution in [3.63, 3.8) is 0 Å². The zero-order valence-corrected chi connectivity index (χ0v) is 20.6. The lowest BCUT2D eigenvalue weighted by molar-refractivity contribution is -0.136. The highest BCUT2D eigenvalue weighted by Gasteiger charge is 2.33.